The van der Waals surface area contributed by atoms with Crippen LogP contribution in [0.4, 0.5) is 5.95 Å². The lowest BCUT2D eigenvalue weighted by atomic mass is 10.3. The average Bonchev–Trinajstić information content (AvgIpc) is 2.97. The van der Waals surface area contributed by atoms with Crippen molar-refractivity contribution >= 4 is 17.3 Å². The average molecular weight is 293 g/mol. The molecule has 0 amide bonds. The molecule has 0 fully saturated rings. The van der Waals surface area contributed by atoms with Gasteiger partial charge in [0, 0.05) is 50.6 Å². The Labute approximate surface area is 122 Å². The van der Waals surface area contributed by atoms with E-state index in [9.17, 15) is 0 Å². The number of anilines is 1. The molecular formula is C13H19N5OS. The summed E-state index contributed by atoms with van der Waals surface area (Å²) in [7, 11) is 3.66. The molecule has 0 spiro atoms. The minimum Gasteiger partial charge on any atom is -0.383 e. The number of hydrogen-bond donors (Lipinski definition) is 1. The van der Waals surface area contributed by atoms with Gasteiger partial charge >= 0.3 is 0 Å². The highest BCUT2D eigenvalue weighted by atomic mass is 32.1. The van der Waals surface area contributed by atoms with Crippen molar-refractivity contribution < 1.29 is 4.74 Å². The van der Waals surface area contributed by atoms with Crippen LogP contribution in [0.15, 0.2) is 23.3 Å². The number of thiazole rings is 1. The molecule has 2 rings (SSSR count). The van der Waals surface area contributed by atoms with E-state index in [0.29, 0.717) is 12.6 Å². The van der Waals surface area contributed by atoms with Crippen LogP contribution in [0.5, 0.6) is 0 Å². The number of aromatic nitrogens is 3. The second kappa shape index (κ2) is 7.88. The van der Waals surface area contributed by atoms with Crippen LogP contribution in [-0.4, -0.2) is 42.3 Å². The lowest BCUT2D eigenvalue weighted by Crippen LogP contribution is -2.21. The second-order valence-corrected chi connectivity index (χ2v) is 5.12. The van der Waals surface area contributed by atoms with Crippen molar-refractivity contribution in [2.45, 2.75) is 13.1 Å². The van der Waals surface area contributed by atoms with Gasteiger partial charge in [-0.3, -0.25) is 0 Å². The van der Waals surface area contributed by atoms with Crippen LogP contribution in [-0.2, 0) is 17.8 Å². The van der Waals surface area contributed by atoms with E-state index in [2.05, 4.69) is 20.3 Å². The van der Waals surface area contributed by atoms with Crippen molar-refractivity contribution in [3.63, 3.8) is 0 Å². The van der Waals surface area contributed by atoms with E-state index in [4.69, 9.17) is 4.74 Å². The summed E-state index contributed by atoms with van der Waals surface area (Å²) < 4.78 is 4.97. The maximum Gasteiger partial charge on any atom is 0.225 e. The van der Waals surface area contributed by atoms with Gasteiger partial charge in [0.15, 0.2) is 0 Å². The quantitative estimate of drug-likeness (QED) is 0.740. The first-order valence-corrected chi connectivity index (χ1v) is 7.32. The number of nitrogens with zero attached hydrogens (tertiary/aromatic N) is 4. The molecule has 0 aromatic carbocycles. The number of methoxy groups -OCH3 is 1. The van der Waals surface area contributed by atoms with Gasteiger partial charge in [-0.2, -0.15) is 0 Å². The maximum atomic E-state index is 4.97. The van der Waals surface area contributed by atoms with Crippen LogP contribution in [0.25, 0.3) is 0 Å². The smallest absolute Gasteiger partial charge is 0.225 e. The summed E-state index contributed by atoms with van der Waals surface area (Å²) in [5.74, 6) is 0.707. The summed E-state index contributed by atoms with van der Waals surface area (Å²) in [4.78, 5) is 15.0. The number of rotatable bonds is 8. The monoisotopic (exact) mass is 293 g/mol. The van der Waals surface area contributed by atoms with Crippen molar-refractivity contribution in [2.24, 2.45) is 0 Å². The first kappa shape index (κ1) is 14.8. The normalized spacial score (nSPS) is 10.7. The van der Waals surface area contributed by atoms with Gasteiger partial charge in [-0.05, 0) is 0 Å². The molecule has 2 aromatic heterocycles. The van der Waals surface area contributed by atoms with Crippen LogP contribution in [0, 0.1) is 0 Å². The third-order valence-electron chi connectivity index (χ3n) is 2.73. The van der Waals surface area contributed by atoms with Gasteiger partial charge in [-0.1, -0.05) is 0 Å². The van der Waals surface area contributed by atoms with E-state index in [1.165, 1.54) is 0 Å². The summed E-state index contributed by atoms with van der Waals surface area (Å²) in [6.07, 6.45) is 3.69. The summed E-state index contributed by atoms with van der Waals surface area (Å²) >= 11 is 1.60. The summed E-state index contributed by atoms with van der Waals surface area (Å²) in [6, 6.07) is 0. The molecule has 0 saturated heterocycles. The third-order valence-corrected chi connectivity index (χ3v) is 3.36. The SMILES string of the molecule is COCCNCc1cnc(N(C)Cc2cscn2)nc1. The highest BCUT2D eigenvalue weighted by Gasteiger charge is 2.06. The molecule has 2 heterocycles. The number of nitrogens with one attached hydrogen (secondary N) is 1. The molecular weight excluding hydrogens is 274 g/mol. The summed E-state index contributed by atoms with van der Waals surface area (Å²) in [5.41, 5.74) is 3.93. The molecule has 20 heavy (non-hydrogen) atoms. The number of hydrogen-bond acceptors (Lipinski definition) is 7. The maximum absolute atomic E-state index is 4.97. The zero-order valence-corrected chi connectivity index (χ0v) is 12.6. The third kappa shape index (κ3) is 4.52. The molecule has 0 atom stereocenters. The van der Waals surface area contributed by atoms with Gasteiger partial charge in [-0.15, -0.1) is 11.3 Å². The van der Waals surface area contributed by atoms with E-state index in [1.807, 2.05) is 35.2 Å². The van der Waals surface area contributed by atoms with Crippen LogP contribution >= 0.6 is 11.3 Å². The lowest BCUT2D eigenvalue weighted by molar-refractivity contribution is 0.199. The second-order valence-electron chi connectivity index (χ2n) is 4.40. The Kier molecular flexibility index (Phi) is 5.85. The zero-order valence-electron chi connectivity index (χ0n) is 11.7. The highest BCUT2D eigenvalue weighted by molar-refractivity contribution is 7.07. The van der Waals surface area contributed by atoms with Crippen LogP contribution in [0.3, 0.4) is 0 Å². The van der Waals surface area contributed by atoms with Gasteiger partial charge < -0.3 is 15.0 Å². The Balaban J connectivity index is 1.84. The zero-order chi connectivity index (χ0) is 14.2. The molecule has 0 aliphatic heterocycles. The molecule has 0 bridgehead atoms. The van der Waals surface area contributed by atoms with E-state index in [1.54, 1.807) is 18.4 Å². The van der Waals surface area contributed by atoms with Crippen LogP contribution in [0.2, 0.25) is 0 Å². The topological polar surface area (TPSA) is 63.2 Å². The van der Waals surface area contributed by atoms with E-state index < -0.39 is 0 Å². The molecule has 2 aromatic rings. The first-order valence-electron chi connectivity index (χ1n) is 6.38. The molecule has 0 aliphatic carbocycles. The van der Waals surface area contributed by atoms with Gasteiger partial charge in [0.05, 0.1) is 24.4 Å². The predicted octanol–water partition coefficient (Wildman–Crippen LogP) is 1.31. The van der Waals surface area contributed by atoms with Crippen LogP contribution < -0.4 is 10.2 Å². The van der Waals surface area contributed by atoms with Gasteiger partial charge in [-0.25, -0.2) is 15.0 Å². The molecule has 0 unspecified atom stereocenters. The Hall–Kier alpha value is -1.57. The fourth-order valence-corrected chi connectivity index (χ4v) is 2.22. The van der Waals surface area contributed by atoms with Crippen molar-refractivity contribution in [2.75, 3.05) is 32.2 Å². The van der Waals surface area contributed by atoms with E-state index >= 15 is 0 Å². The Morgan fingerprint density at radius 1 is 1.30 bits per heavy atom. The molecule has 0 radical (unpaired) electrons. The van der Waals surface area contributed by atoms with Crippen molar-refractivity contribution in [1.29, 1.82) is 0 Å². The largest absolute Gasteiger partial charge is 0.383 e. The molecule has 6 nitrogen and oxygen atoms in total. The van der Waals surface area contributed by atoms with E-state index in [0.717, 1.165) is 30.9 Å². The molecule has 0 saturated carbocycles. The Morgan fingerprint density at radius 3 is 2.75 bits per heavy atom. The van der Waals surface area contributed by atoms with E-state index in [-0.39, 0.29) is 0 Å². The first-order chi connectivity index (χ1) is 9.79. The van der Waals surface area contributed by atoms with Gasteiger partial charge in [0.2, 0.25) is 5.95 Å². The van der Waals surface area contributed by atoms with Crippen molar-refractivity contribution in [3.8, 4) is 0 Å². The Bertz CT molecular complexity index is 488. The molecule has 7 heteroatoms. The van der Waals surface area contributed by atoms with Crippen molar-refractivity contribution in [1.82, 2.24) is 20.3 Å². The molecule has 0 aliphatic rings. The summed E-state index contributed by atoms with van der Waals surface area (Å²) in [5, 5.41) is 5.29. The minimum absolute atomic E-state index is 0.704. The lowest BCUT2D eigenvalue weighted by Gasteiger charge is -2.15. The Morgan fingerprint density at radius 2 is 2.10 bits per heavy atom. The predicted molar refractivity (Wildman–Crippen MR) is 79.8 cm³/mol. The standard InChI is InChI=1S/C13H19N5OS/c1-18(8-12-9-20-10-17-12)13-15-6-11(7-16-13)5-14-3-4-19-2/h6-7,9-10,14H,3-5,8H2,1-2H3. The van der Waals surface area contributed by atoms with Crippen molar-refractivity contribution in [3.05, 3.63) is 34.5 Å². The minimum atomic E-state index is 0.704. The van der Waals surface area contributed by atoms with Gasteiger partial charge in [0.25, 0.3) is 0 Å². The van der Waals surface area contributed by atoms with Gasteiger partial charge in [0.1, 0.15) is 0 Å². The highest BCUT2D eigenvalue weighted by Crippen LogP contribution is 2.10. The fraction of sp³-hybridized carbons (Fsp3) is 0.462. The number of ether oxygens (including phenoxy) is 1. The molecule has 108 valence electrons. The fourth-order valence-electron chi connectivity index (χ4n) is 1.67. The summed E-state index contributed by atoms with van der Waals surface area (Å²) in [6.45, 7) is 2.99. The van der Waals surface area contributed by atoms with Crippen LogP contribution in [0.1, 0.15) is 11.3 Å². The molecule has 1 N–H and O–H groups in total.